The maximum Gasteiger partial charge on any atom is 0.118 e. The average Bonchev–Trinajstić information content (AvgIpc) is 3.08. The Labute approximate surface area is 111 Å². The Morgan fingerprint density at radius 2 is 2.06 bits per heavy atom. The monoisotopic (exact) mass is 250 g/mol. The molecule has 0 amide bonds. The van der Waals surface area contributed by atoms with E-state index in [0.29, 0.717) is 5.92 Å². The van der Waals surface area contributed by atoms with Gasteiger partial charge in [0.2, 0.25) is 0 Å². The highest BCUT2D eigenvalue weighted by Crippen LogP contribution is 2.28. The summed E-state index contributed by atoms with van der Waals surface area (Å²) < 4.78 is 5.87. The summed E-state index contributed by atoms with van der Waals surface area (Å²) in [6.07, 6.45) is 2.72. The predicted octanol–water partition coefficient (Wildman–Crippen LogP) is 3.01. The first-order chi connectivity index (χ1) is 8.69. The Bertz CT molecular complexity index is 355. The Kier molecular flexibility index (Phi) is 4.84. The van der Waals surface area contributed by atoms with Crippen LogP contribution in [0, 0.1) is 5.92 Å². The van der Waals surface area contributed by atoms with Gasteiger partial charge in [-0.05, 0) is 44.0 Å². The molecule has 1 N–H and O–H groups in total. The van der Waals surface area contributed by atoms with Crippen molar-refractivity contribution in [2.45, 2.75) is 52.7 Å². The van der Waals surface area contributed by atoms with Gasteiger partial charge in [-0.2, -0.15) is 0 Å². The summed E-state index contributed by atoms with van der Waals surface area (Å²) in [5.41, 5.74) is 0. The van der Waals surface area contributed by atoms with E-state index in [9.17, 15) is 0 Å². The molecule has 0 unspecified atom stereocenters. The topological polar surface area (TPSA) is 28.4 Å². The Balaban J connectivity index is 1.78. The molecule has 0 radical (unpaired) electrons. The van der Waals surface area contributed by atoms with Gasteiger partial charge < -0.3 is 9.73 Å². The van der Waals surface area contributed by atoms with Crippen LogP contribution in [0.4, 0.5) is 0 Å². The minimum atomic E-state index is 0.685. The molecule has 3 nitrogen and oxygen atoms in total. The van der Waals surface area contributed by atoms with Crippen LogP contribution >= 0.6 is 0 Å². The van der Waals surface area contributed by atoms with Crippen molar-refractivity contribution in [1.82, 2.24) is 10.2 Å². The third-order valence-electron chi connectivity index (χ3n) is 3.40. The van der Waals surface area contributed by atoms with Crippen molar-refractivity contribution in [2.75, 3.05) is 13.1 Å². The van der Waals surface area contributed by atoms with E-state index in [-0.39, 0.29) is 0 Å². The Morgan fingerprint density at radius 3 is 2.67 bits per heavy atom. The van der Waals surface area contributed by atoms with Crippen molar-refractivity contribution in [2.24, 2.45) is 5.92 Å². The molecule has 0 atom stereocenters. The van der Waals surface area contributed by atoms with Gasteiger partial charge in [-0.25, -0.2) is 0 Å². The lowest BCUT2D eigenvalue weighted by Gasteiger charge is -2.17. The molecule has 0 bridgehead atoms. The largest absolute Gasteiger partial charge is 0.463 e. The molecule has 0 saturated heterocycles. The summed E-state index contributed by atoms with van der Waals surface area (Å²) in [6.45, 7) is 10.6. The minimum absolute atomic E-state index is 0.685. The van der Waals surface area contributed by atoms with E-state index >= 15 is 0 Å². The first-order valence-electron chi connectivity index (χ1n) is 7.21. The normalized spacial score (nSPS) is 15.8. The van der Waals surface area contributed by atoms with Gasteiger partial charge in [0.1, 0.15) is 11.5 Å². The lowest BCUT2D eigenvalue weighted by Crippen LogP contribution is -2.24. The van der Waals surface area contributed by atoms with Gasteiger partial charge >= 0.3 is 0 Å². The third kappa shape index (κ3) is 4.14. The highest BCUT2D eigenvalue weighted by molar-refractivity contribution is 5.07. The van der Waals surface area contributed by atoms with Crippen LogP contribution in [0.2, 0.25) is 0 Å². The molecular formula is C15H26N2O. The van der Waals surface area contributed by atoms with Gasteiger partial charge in [0.15, 0.2) is 0 Å². The van der Waals surface area contributed by atoms with Crippen LogP contribution in [-0.2, 0) is 13.1 Å². The molecule has 18 heavy (non-hydrogen) atoms. The number of hydrogen-bond acceptors (Lipinski definition) is 3. The molecule has 1 aliphatic carbocycles. The van der Waals surface area contributed by atoms with Gasteiger partial charge in [0.05, 0.1) is 13.1 Å². The summed E-state index contributed by atoms with van der Waals surface area (Å²) in [5.74, 6) is 2.84. The minimum Gasteiger partial charge on any atom is -0.463 e. The molecular weight excluding hydrogens is 224 g/mol. The van der Waals surface area contributed by atoms with Crippen LogP contribution in [0.3, 0.4) is 0 Å². The van der Waals surface area contributed by atoms with E-state index in [2.05, 4.69) is 43.1 Å². The first kappa shape index (κ1) is 13.6. The summed E-state index contributed by atoms with van der Waals surface area (Å²) in [4.78, 5) is 2.50. The second kappa shape index (κ2) is 6.39. The first-order valence-corrected chi connectivity index (χ1v) is 7.21. The lowest BCUT2D eigenvalue weighted by molar-refractivity contribution is 0.243. The molecule has 0 aliphatic heterocycles. The van der Waals surface area contributed by atoms with Gasteiger partial charge in [-0.1, -0.05) is 20.8 Å². The second-order valence-electron chi connectivity index (χ2n) is 5.69. The zero-order chi connectivity index (χ0) is 13.0. The summed E-state index contributed by atoms with van der Waals surface area (Å²) in [7, 11) is 0. The number of hydrogen-bond donors (Lipinski definition) is 1. The van der Waals surface area contributed by atoms with Crippen molar-refractivity contribution in [3.8, 4) is 0 Å². The summed E-state index contributed by atoms with van der Waals surface area (Å²) in [5, 5.41) is 3.41. The highest BCUT2D eigenvalue weighted by atomic mass is 16.3. The fourth-order valence-electron chi connectivity index (χ4n) is 2.23. The number of nitrogens with zero attached hydrogens (tertiary/aromatic N) is 1. The van der Waals surface area contributed by atoms with E-state index in [1.165, 1.54) is 12.8 Å². The van der Waals surface area contributed by atoms with Crippen LogP contribution < -0.4 is 5.32 Å². The quantitative estimate of drug-likeness (QED) is 0.769. The number of rotatable bonds is 8. The Hall–Kier alpha value is -0.800. The van der Waals surface area contributed by atoms with Crippen LogP contribution in [-0.4, -0.2) is 24.0 Å². The third-order valence-corrected chi connectivity index (χ3v) is 3.40. The van der Waals surface area contributed by atoms with Crippen molar-refractivity contribution >= 4 is 0 Å². The number of nitrogens with one attached hydrogen (secondary N) is 1. The lowest BCUT2D eigenvalue weighted by atomic mass is 10.2. The highest BCUT2D eigenvalue weighted by Gasteiger charge is 2.28. The molecule has 102 valence electrons. The molecule has 2 rings (SSSR count). The molecule has 1 fully saturated rings. The van der Waals surface area contributed by atoms with Gasteiger partial charge in [0.25, 0.3) is 0 Å². The summed E-state index contributed by atoms with van der Waals surface area (Å²) in [6, 6.07) is 5.03. The smallest absolute Gasteiger partial charge is 0.118 e. The molecule has 1 aromatic rings. The molecule has 1 saturated carbocycles. The average molecular weight is 250 g/mol. The molecule has 0 spiro atoms. The standard InChI is InChI=1S/C15H26N2O/c1-4-17(13-5-6-13)11-15-8-7-14(18-15)10-16-9-12(2)3/h7-8,12-13,16H,4-6,9-11H2,1-3H3. The molecule has 1 aromatic heterocycles. The van der Waals surface area contributed by atoms with E-state index in [4.69, 9.17) is 4.42 Å². The fourth-order valence-corrected chi connectivity index (χ4v) is 2.23. The number of furan rings is 1. The van der Waals surface area contributed by atoms with Crippen LogP contribution in [0.15, 0.2) is 16.5 Å². The SMILES string of the molecule is CCN(Cc1ccc(CNCC(C)C)o1)C1CC1. The van der Waals surface area contributed by atoms with E-state index in [1.807, 2.05) is 0 Å². The molecule has 3 heteroatoms. The van der Waals surface area contributed by atoms with E-state index < -0.39 is 0 Å². The van der Waals surface area contributed by atoms with Crippen LogP contribution in [0.25, 0.3) is 0 Å². The zero-order valence-electron chi connectivity index (χ0n) is 11.9. The maximum absolute atomic E-state index is 5.87. The van der Waals surface area contributed by atoms with Gasteiger partial charge in [-0.15, -0.1) is 0 Å². The predicted molar refractivity (Wildman–Crippen MR) is 74.4 cm³/mol. The van der Waals surface area contributed by atoms with E-state index in [0.717, 1.165) is 43.7 Å². The molecule has 1 aliphatic rings. The van der Waals surface area contributed by atoms with Crippen molar-refractivity contribution in [3.63, 3.8) is 0 Å². The maximum atomic E-state index is 5.87. The molecule has 1 heterocycles. The van der Waals surface area contributed by atoms with Gasteiger partial charge in [0, 0.05) is 6.04 Å². The fraction of sp³-hybridized carbons (Fsp3) is 0.733. The zero-order valence-corrected chi connectivity index (χ0v) is 11.9. The van der Waals surface area contributed by atoms with Crippen LogP contribution in [0.1, 0.15) is 45.1 Å². The van der Waals surface area contributed by atoms with Crippen LogP contribution in [0.5, 0.6) is 0 Å². The van der Waals surface area contributed by atoms with E-state index in [1.54, 1.807) is 0 Å². The van der Waals surface area contributed by atoms with Crippen molar-refractivity contribution < 1.29 is 4.42 Å². The second-order valence-corrected chi connectivity index (χ2v) is 5.69. The summed E-state index contributed by atoms with van der Waals surface area (Å²) >= 11 is 0. The van der Waals surface area contributed by atoms with Crippen molar-refractivity contribution in [3.05, 3.63) is 23.7 Å². The Morgan fingerprint density at radius 1 is 1.33 bits per heavy atom. The van der Waals surface area contributed by atoms with Gasteiger partial charge in [-0.3, -0.25) is 4.90 Å². The van der Waals surface area contributed by atoms with Crippen molar-refractivity contribution in [1.29, 1.82) is 0 Å². The molecule has 0 aromatic carbocycles.